The van der Waals surface area contributed by atoms with Crippen molar-refractivity contribution in [2.45, 2.75) is 25.9 Å². The lowest BCUT2D eigenvalue weighted by atomic mass is 10.0. The minimum atomic E-state index is -0.0131. The van der Waals surface area contributed by atoms with Gasteiger partial charge >= 0.3 is 0 Å². The smallest absolute Gasteiger partial charge is 0.222 e. The molecule has 0 aliphatic rings. The van der Waals surface area contributed by atoms with Crippen LogP contribution in [0.1, 0.15) is 29.2 Å². The third-order valence-electron chi connectivity index (χ3n) is 4.23. The van der Waals surface area contributed by atoms with E-state index in [1.807, 2.05) is 48.8 Å². The minimum absolute atomic E-state index is 0.0131. The molecule has 1 aromatic heterocycles. The molecule has 1 N–H and O–H groups in total. The van der Waals surface area contributed by atoms with E-state index in [4.69, 9.17) is 11.6 Å². The summed E-state index contributed by atoms with van der Waals surface area (Å²) in [5.41, 5.74) is 3.37. The molecule has 0 aliphatic heterocycles. The van der Waals surface area contributed by atoms with Gasteiger partial charge in [-0.25, -0.2) is 0 Å². The van der Waals surface area contributed by atoms with Crippen molar-refractivity contribution in [1.82, 2.24) is 9.88 Å². The van der Waals surface area contributed by atoms with Crippen molar-refractivity contribution in [2.75, 3.05) is 0 Å². The fourth-order valence-electron chi connectivity index (χ4n) is 2.79. The molecule has 0 radical (unpaired) electrons. The number of amides is 1. The monoisotopic (exact) mass is 352 g/mol. The quantitative estimate of drug-likeness (QED) is 0.682. The van der Waals surface area contributed by atoms with Gasteiger partial charge in [0.15, 0.2) is 0 Å². The van der Waals surface area contributed by atoms with Gasteiger partial charge < -0.3 is 9.88 Å². The summed E-state index contributed by atoms with van der Waals surface area (Å²) >= 11 is 5.89. The van der Waals surface area contributed by atoms with E-state index in [1.165, 1.54) is 5.56 Å². The Morgan fingerprint density at radius 2 is 1.68 bits per heavy atom. The maximum absolute atomic E-state index is 12.5. The zero-order chi connectivity index (χ0) is 17.6. The van der Waals surface area contributed by atoms with Crippen LogP contribution in [0.4, 0.5) is 0 Å². The van der Waals surface area contributed by atoms with Crippen molar-refractivity contribution in [3.05, 3.63) is 94.8 Å². The number of carbonyl (C=O) groups is 1. The summed E-state index contributed by atoms with van der Waals surface area (Å²) in [4.78, 5) is 12.5. The SMILES string of the molecule is Cc1ccc(C(CC(=O)NCc2ccc(Cl)cc2)n2cccc2)cc1. The largest absolute Gasteiger partial charge is 0.352 e. The third kappa shape index (κ3) is 4.74. The number of rotatable bonds is 6. The normalized spacial score (nSPS) is 11.9. The zero-order valence-corrected chi connectivity index (χ0v) is 14.9. The number of carbonyl (C=O) groups excluding carboxylic acids is 1. The molecule has 3 rings (SSSR count). The van der Waals surface area contributed by atoms with E-state index in [-0.39, 0.29) is 11.9 Å². The molecule has 2 aromatic carbocycles. The Labute approximate surface area is 153 Å². The lowest BCUT2D eigenvalue weighted by Crippen LogP contribution is -2.26. The van der Waals surface area contributed by atoms with Crippen LogP contribution in [0.5, 0.6) is 0 Å². The van der Waals surface area contributed by atoms with E-state index < -0.39 is 0 Å². The Morgan fingerprint density at radius 1 is 1.04 bits per heavy atom. The molecule has 0 saturated carbocycles. The number of nitrogens with zero attached hydrogens (tertiary/aromatic N) is 1. The number of benzene rings is 2. The lowest BCUT2D eigenvalue weighted by molar-refractivity contribution is -0.121. The van der Waals surface area contributed by atoms with Gasteiger partial charge in [0.25, 0.3) is 0 Å². The van der Waals surface area contributed by atoms with E-state index in [0.29, 0.717) is 18.0 Å². The van der Waals surface area contributed by atoms with Crippen LogP contribution in [0.25, 0.3) is 0 Å². The van der Waals surface area contributed by atoms with Crippen LogP contribution < -0.4 is 5.32 Å². The molecule has 128 valence electrons. The number of hydrogen-bond acceptors (Lipinski definition) is 1. The molecule has 1 atom stereocenters. The van der Waals surface area contributed by atoms with Crippen molar-refractivity contribution in [3.63, 3.8) is 0 Å². The van der Waals surface area contributed by atoms with Gasteiger partial charge in [0.05, 0.1) is 12.5 Å². The highest BCUT2D eigenvalue weighted by atomic mass is 35.5. The van der Waals surface area contributed by atoms with Gasteiger partial charge in [0.1, 0.15) is 0 Å². The molecule has 1 unspecified atom stereocenters. The van der Waals surface area contributed by atoms with Crippen LogP contribution >= 0.6 is 11.6 Å². The predicted molar refractivity (Wildman–Crippen MR) is 102 cm³/mol. The van der Waals surface area contributed by atoms with Crippen LogP contribution in [0.15, 0.2) is 73.1 Å². The minimum Gasteiger partial charge on any atom is -0.352 e. The summed E-state index contributed by atoms with van der Waals surface area (Å²) in [7, 11) is 0. The molecular weight excluding hydrogens is 332 g/mol. The second kappa shape index (κ2) is 8.04. The molecule has 0 spiro atoms. The second-order valence-electron chi connectivity index (χ2n) is 6.16. The Hall–Kier alpha value is -2.52. The average Bonchev–Trinajstić information content (AvgIpc) is 3.14. The Balaban J connectivity index is 1.68. The second-order valence-corrected chi connectivity index (χ2v) is 6.60. The summed E-state index contributed by atoms with van der Waals surface area (Å²) < 4.78 is 2.08. The van der Waals surface area contributed by atoms with E-state index in [1.54, 1.807) is 0 Å². The molecule has 3 aromatic rings. The Bertz CT molecular complexity index is 808. The first-order chi connectivity index (χ1) is 12.1. The number of nitrogens with one attached hydrogen (secondary N) is 1. The van der Waals surface area contributed by atoms with E-state index >= 15 is 0 Å². The summed E-state index contributed by atoms with van der Waals surface area (Å²) in [6, 6.07) is 19.8. The van der Waals surface area contributed by atoms with Crippen LogP contribution in [0.3, 0.4) is 0 Å². The van der Waals surface area contributed by atoms with Crippen LogP contribution in [0, 0.1) is 6.92 Å². The molecule has 4 heteroatoms. The predicted octanol–water partition coefficient (Wildman–Crippen LogP) is 4.75. The highest BCUT2D eigenvalue weighted by molar-refractivity contribution is 6.30. The molecular formula is C21H21ClN2O. The number of hydrogen-bond donors (Lipinski definition) is 1. The van der Waals surface area contributed by atoms with Crippen molar-refractivity contribution >= 4 is 17.5 Å². The fourth-order valence-corrected chi connectivity index (χ4v) is 2.92. The average molecular weight is 353 g/mol. The van der Waals surface area contributed by atoms with Crippen molar-refractivity contribution in [2.24, 2.45) is 0 Å². The van der Waals surface area contributed by atoms with Crippen LogP contribution in [0.2, 0.25) is 5.02 Å². The summed E-state index contributed by atoms with van der Waals surface area (Å²) in [6.07, 6.45) is 4.39. The van der Waals surface area contributed by atoms with Crippen LogP contribution in [-0.4, -0.2) is 10.5 Å². The third-order valence-corrected chi connectivity index (χ3v) is 4.48. The Morgan fingerprint density at radius 3 is 2.32 bits per heavy atom. The molecule has 1 amide bonds. The topological polar surface area (TPSA) is 34.0 Å². The summed E-state index contributed by atoms with van der Waals surface area (Å²) in [5.74, 6) is 0.0224. The van der Waals surface area contributed by atoms with Gasteiger partial charge in [-0.15, -0.1) is 0 Å². The van der Waals surface area contributed by atoms with E-state index in [2.05, 4.69) is 41.1 Å². The van der Waals surface area contributed by atoms with E-state index in [0.717, 1.165) is 11.1 Å². The molecule has 1 heterocycles. The van der Waals surface area contributed by atoms with Gasteiger partial charge in [-0.2, -0.15) is 0 Å². The number of aromatic nitrogens is 1. The van der Waals surface area contributed by atoms with Crippen molar-refractivity contribution < 1.29 is 4.79 Å². The van der Waals surface area contributed by atoms with Gasteiger partial charge in [-0.3, -0.25) is 4.79 Å². The van der Waals surface area contributed by atoms with Crippen molar-refractivity contribution in [3.8, 4) is 0 Å². The molecule has 0 saturated heterocycles. The zero-order valence-electron chi connectivity index (χ0n) is 14.2. The Kier molecular flexibility index (Phi) is 5.56. The first-order valence-electron chi connectivity index (χ1n) is 8.32. The number of aryl methyl sites for hydroxylation is 1. The molecule has 0 aliphatic carbocycles. The van der Waals surface area contributed by atoms with Gasteiger partial charge in [-0.1, -0.05) is 53.6 Å². The molecule has 25 heavy (non-hydrogen) atoms. The standard InChI is InChI=1S/C21H21ClN2O/c1-16-4-8-18(9-5-16)20(24-12-2-3-13-24)14-21(25)23-15-17-6-10-19(22)11-7-17/h2-13,20H,14-15H2,1H3,(H,23,25). The first-order valence-corrected chi connectivity index (χ1v) is 8.70. The summed E-state index contributed by atoms with van der Waals surface area (Å²) in [5, 5.41) is 3.69. The lowest BCUT2D eigenvalue weighted by Gasteiger charge is -2.19. The highest BCUT2D eigenvalue weighted by Crippen LogP contribution is 2.23. The molecule has 3 nitrogen and oxygen atoms in total. The maximum Gasteiger partial charge on any atom is 0.222 e. The van der Waals surface area contributed by atoms with Gasteiger partial charge in [0, 0.05) is 24.0 Å². The van der Waals surface area contributed by atoms with Crippen LogP contribution in [-0.2, 0) is 11.3 Å². The number of halogens is 1. The van der Waals surface area contributed by atoms with E-state index in [9.17, 15) is 4.79 Å². The fraction of sp³-hybridized carbons (Fsp3) is 0.190. The maximum atomic E-state index is 12.5. The van der Waals surface area contributed by atoms with Gasteiger partial charge in [0.2, 0.25) is 5.91 Å². The first kappa shape index (κ1) is 17.3. The highest BCUT2D eigenvalue weighted by Gasteiger charge is 2.17. The van der Waals surface area contributed by atoms with Crippen molar-refractivity contribution in [1.29, 1.82) is 0 Å². The van der Waals surface area contributed by atoms with Gasteiger partial charge in [-0.05, 0) is 42.3 Å². The summed E-state index contributed by atoms with van der Waals surface area (Å²) in [6.45, 7) is 2.57. The molecule has 0 fully saturated rings. The molecule has 0 bridgehead atoms.